The number of carbonyl (C=O) groups is 2. The van der Waals surface area contributed by atoms with E-state index in [0.717, 1.165) is 0 Å². The number of nitrogens with two attached hydrogens (primary N) is 1. The van der Waals surface area contributed by atoms with E-state index in [0.29, 0.717) is 5.70 Å². The average molecular weight is 192 g/mol. The molecule has 0 saturated carbocycles. The molecule has 0 radical (unpaired) electrons. The number of nitrogens with one attached hydrogen (secondary N) is 1. The van der Waals surface area contributed by atoms with Gasteiger partial charge in [0.25, 0.3) is 0 Å². The van der Waals surface area contributed by atoms with Gasteiger partial charge in [0.05, 0.1) is 5.92 Å². The molecule has 0 heterocycles. The summed E-state index contributed by atoms with van der Waals surface area (Å²) in [5, 5.41) is 2.43. The number of Topliss-reactive ketones (excluding diaryl/α,β-unsaturated/α-hetero) is 1. The Balaban J connectivity index is 2.73. The third-order valence-electron chi connectivity index (χ3n) is 1.81. The summed E-state index contributed by atoms with van der Waals surface area (Å²) >= 11 is 0. The van der Waals surface area contributed by atoms with Gasteiger partial charge in [-0.3, -0.25) is 4.79 Å². The van der Waals surface area contributed by atoms with Crippen molar-refractivity contribution < 1.29 is 9.59 Å². The van der Waals surface area contributed by atoms with Crippen molar-refractivity contribution in [2.75, 3.05) is 0 Å². The molecule has 1 rings (SSSR count). The Hall–Kier alpha value is -1.84. The third kappa shape index (κ3) is 2.90. The molecule has 1 aliphatic rings. The van der Waals surface area contributed by atoms with Crippen LogP contribution in [0.3, 0.4) is 0 Å². The Kier molecular flexibility index (Phi) is 3.23. The highest BCUT2D eigenvalue weighted by Gasteiger charge is 2.07. The van der Waals surface area contributed by atoms with Gasteiger partial charge in [-0.25, -0.2) is 4.79 Å². The molecule has 0 aromatic heterocycles. The lowest BCUT2D eigenvalue weighted by Gasteiger charge is -2.01. The maximum absolute atomic E-state index is 11.0. The number of ketones is 1. The summed E-state index contributed by atoms with van der Waals surface area (Å²) in [5.74, 6) is -0.162. The van der Waals surface area contributed by atoms with Crippen molar-refractivity contribution >= 4 is 11.8 Å². The van der Waals surface area contributed by atoms with Crippen molar-refractivity contribution in [2.24, 2.45) is 11.7 Å². The number of hydrogen-bond donors (Lipinski definition) is 2. The van der Waals surface area contributed by atoms with E-state index in [2.05, 4.69) is 5.32 Å². The molecule has 1 atom stereocenters. The highest BCUT2D eigenvalue weighted by atomic mass is 16.2. The second-order valence-electron chi connectivity index (χ2n) is 2.99. The van der Waals surface area contributed by atoms with Gasteiger partial charge in [0, 0.05) is 5.70 Å². The zero-order chi connectivity index (χ0) is 10.6. The summed E-state index contributed by atoms with van der Waals surface area (Å²) in [5.41, 5.74) is 5.53. The Labute approximate surface area is 82.2 Å². The predicted octanol–water partition coefficient (Wildman–Crippen LogP) is 0.870. The van der Waals surface area contributed by atoms with Crippen molar-refractivity contribution in [3.05, 3.63) is 36.1 Å². The van der Waals surface area contributed by atoms with Crippen LogP contribution in [0.2, 0.25) is 0 Å². The monoisotopic (exact) mass is 192 g/mol. The molecule has 0 fully saturated rings. The number of hydrogen-bond acceptors (Lipinski definition) is 2. The average Bonchev–Trinajstić information content (AvgIpc) is 2.28. The number of primary amides is 1. The molecule has 0 spiro atoms. The second-order valence-corrected chi connectivity index (χ2v) is 2.99. The highest BCUT2D eigenvalue weighted by Crippen LogP contribution is 2.09. The normalized spacial score (nSPS) is 19.8. The van der Waals surface area contributed by atoms with Crippen molar-refractivity contribution in [3.63, 3.8) is 0 Å². The zero-order valence-electron chi connectivity index (χ0n) is 7.86. The Morgan fingerprint density at radius 2 is 2.14 bits per heavy atom. The van der Waals surface area contributed by atoms with Gasteiger partial charge in [-0.1, -0.05) is 18.2 Å². The van der Waals surface area contributed by atoms with Crippen LogP contribution in [0.1, 0.15) is 6.92 Å². The van der Waals surface area contributed by atoms with Gasteiger partial charge in [-0.15, -0.1) is 0 Å². The summed E-state index contributed by atoms with van der Waals surface area (Å²) in [7, 11) is 0. The van der Waals surface area contributed by atoms with Crippen LogP contribution >= 0.6 is 0 Å². The minimum atomic E-state index is -0.615. The van der Waals surface area contributed by atoms with Crippen LogP contribution in [-0.2, 0) is 4.79 Å². The molecular weight excluding hydrogens is 180 g/mol. The predicted molar refractivity (Wildman–Crippen MR) is 53.3 cm³/mol. The summed E-state index contributed by atoms with van der Waals surface area (Å²) in [6.45, 7) is 1.52. The van der Waals surface area contributed by atoms with Crippen LogP contribution in [0, 0.1) is 5.92 Å². The minimum Gasteiger partial charge on any atom is -0.351 e. The van der Waals surface area contributed by atoms with Crippen molar-refractivity contribution in [2.45, 2.75) is 6.92 Å². The van der Waals surface area contributed by atoms with Gasteiger partial charge in [-0.05, 0) is 19.1 Å². The summed E-state index contributed by atoms with van der Waals surface area (Å²) in [6.07, 6.45) is 8.54. The largest absolute Gasteiger partial charge is 0.351 e. The molecule has 0 bridgehead atoms. The van der Waals surface area contributed by atoms with E-state index in [9.17, 15) is 9.59 Å². The van der Waals surface area contributed by atoms with E-state index in [1.807, 2.05) is 0 Å². The van der Waals surface area contributed by atoms with Gasteiger partial charge in [0.15, 0.2) is 0 Å². The van der Waals surface area contributed by atoms with E-state index in [-0.39, 0.29) is 11.7 Å². The van der Waals surface area contributed by atoms with Crippen LogP contribution in [-0.4, -0.2) is 11.8 Å². The lowest BCUT2D eigenvalue weighted by Crippen LogP contribution is -2.27. The smallest absolute Gasteiger partial charge is 0.316 e. The SMILES string of the molecule is CC(=O)C1C=CC=C(NC(N)=O)C=C1. The minimum absolute atomic E-state index is 0.0613. The zero-order valence-corrected chi connectivity index (χ0v) is 7.86. The van der Waals surface area contributed by atoms with Crippen LogP contribution in [0.15, 0.2) is 36.1 Å². The fourth-order valence-corrected chi connectivity index (χ4v) is 1.10. The Bertz CT molecular complexity index is 340. The Morgan fingerprint density at radius 3 is 2.71 bits per heavy atom. The summed E-state index contributed by atoms with van der Waals surface area (Å²) in [6, 6.07) is -0.615. The molecule has 14 heavy (non-hydrogen) atoms. The summed E-state index contributed by atoms with van der Waals surface area (Å²) in [4.78, 5) is 21.6. The molecule has 0 aliphatic heterocycles. The molecule has 4 heteroatoms. The van der Waals surface area contributed by atoms with Crippen molar-refractivity contribution in [1.29, 1.82) is 0 Å². The maximum Gasteiger partial charge on any atom is 0.316 e. The quantitative estimate of drug-likeness (QED) is 0.681. The second kappa shape index (κ2) is 4.41. The maximum atomic E-state index is 11.0. The van der Waals surface area contributed by atoms with E-state index < -0.39 is 6.03 Å². The molecule has 3 N–H and O–H groups in total. The standard InChI is InChI=1S/C10H12N2O2/c1-7(13)8-3-2-4-9(6-5-8)12-10(11)14/h2-6,8H,1H3,(H3,11,12,14). The van der Waals surface area contributed by atoms with E-state index >= 15 is 0 Å². The first-order valence-corrected chi connectivity index (χ1v) is 4.23. The van der Waals surface area contributed by atoms with Crippen molar-refractivity contribution in [1.82, 2.24) is 5.32 Å². The highest BCUT2D eigenvalue weighted by molar-refractivity contribution is 5.82. The first kappa shape index (κ1) is 10.2. The number of allylic oxidation sites excluding steroid dienone is 5. The van der Waals surface area contributed by atoms with E-state index in [4.69, 9.17) is 5.73 Å². The van der Waals surface area contributed by atoms with Gasteiger partial charge in [-0.2, -0.15) is 0 Å². The van der Waals surface area contributed by atoms with Crippen molar-refractivity contribution in [3.8, 4) is 0 Å². The number of carbonyl (C=O) groups excluding carboxylic acids is 2. The number of amides is 2. The van der Waals surface area contributed by atoms with Crippen LogP contribution in [0.5, 0.6) is 0 Å². The molecule has 0 aromatic carbocycles. The molecule has 0 saturated heterocycles. The lowest BCUT2D eigenvalue weighted by atomic mass is 10.1. The first-order valence-electron chi connectivity index (χ1n) is 4.23. The third-order valence-corrected chi connectivity index (χ3v) is 1.81. The molecular formula is C10H12N2O2. The number of urea groups is 1. The van der Waals surface area contributed by atoms with E-state index in [1.54, 1.807) is 30.4 Å². The fourth-order valence-electron chi connectivity index (χ4n) is 1.10. The van der Waals surface area contributed by atoms with E-state index in [1.165, 1.54) is 6.92 Å². The van der Waals surface area contributed by atoms with Gasteiger partial charge in [0.2, 0.25) is 0 Å². The van der Waals surface area contributed by atoms with Gasteiger partial charge in [0.1, 0.15) is 5.78 Å². The summed E-state index contributed by atoms with van der Waals surface area (Å²) < 4.78 is 0. The lowest BCUT2D eigenvalue weighted by molar-refractivity contribution is -0.118. The van der Waals surface area contributed by atoms with Crippen LogP contribution in [0.25, 0.3) is 0 Å². The fraction of sp³-hybridized carbons (Fsp3) is 0.200. The number of rotatable bonds is 2. The topological polar surface area (TPSA) is 72.2 Å². The molecule has 4 nitrogen and oxygen atoms in total. The Morgan fingerprint density at radius 1 is 1.43 bits per heavy atom. The molecule has 74 valence electrons. The molecule has 1 aliphatic carbocycles. The molecule has 1 unspecified atom stereocenters. The molecule has 0 aromatic rings. The van der Waals surface area contributed by atoms with Crippen LogP contribution in [0.4, 0.5) is 4.79 Å². The van der Waals surface area contributed by atoms with Crippen LogP contribution < -0.4 is 11.1 Å². The first-order chi connectivity index (χ1) is 6.59. The van der Waals surface area contributed by atoms with Gasteiger partial charge < -0.3 is 11.1 Å². The molecule has 2 amide bonds. The van der Waals surface area contributed by atoms with Gasteiger partial charge >= 0.3 is 6.03 Å².